The summed E-state index contributed by atoms with van der Waals surface area (Å²) < 4.78 is 14.1. The minimum absolute atomic E-state index is 0.00560. The van der Waals surface area contributed by atoms with Crippen LogP contribution in [-0.4, -0.2) is 49.7 Å². The van der Waals surface area contributed by atoms with Crippen molar-refractivity contribution in [3.05, 3.63) is 74.4 Å². The molecule has 2 aromatic carbocycles. The van der Waals surface area contributed by atoms with Gasteiger partial charge in [0.1, 0.15) is 21.9 Å². The molecular weight excluding hydrogens is 497 g/mol. The highest BCUT2D eigenvalue weighted by Crippen LogP contribution is 2.37. The molecule has 0 atom stereocenters. The molecule has 1 aliphatic rings. The van der Waals surface area contributed by atoms with Crippen molar-refractivity contribution in [3.8, 4) is 0 Å². The number of rotatable bonds is 5. The molecule has 4 aromatic rings. The smallest absolute Gasteiger partial charge is 0.339 e. The number of H-pyrrole nitrogens is 1. The Morgan fingerprint density at radius 3 is 2.74 bits per heavy atom. The summed E-state index contributed by atoms with van der Waals surface area (Å²) in [4.78, 5) is 40.0. The number of aromatic amines is 1. The first-order valence-electron chi connectivity index (χ1n) is 10.5. The van der Waals surface area contributed by atoms with Crippen LogP contribution in [0.25, 0.3) is 11.0 Å². The Balaban J connectivity index is 1.36. The summed E-state index contributed by atoms with van der Waals surface area (Å²) in [7, 11) is 0. The van der Waals surface area contributed by atoms with E-state index >= 15 is 0 Å². The maximum Gasteiger partial charge on any atom is 0.339 e. The molecule has 0 spiro atoms. The van der Waals surface area contributed by atoms with Crippen LogP contribution in [0.4, 0.5) is 9.39 Å². The average molecular weight is 514 g/mol. The summed E-state index contributed by atoms with van der Waals surface area (Å²) in [5, 5.41) is 23.3. The number of amides is 2. The summed E-state index contributed by atoms with van der Waals surface area (Å²) >= 11 is 6.86. The highest BCUT2D eigenvalue weighted by Gasteiger charge is 2.31. The number of benzene rings is 2. The topological polar surface area (TPSA) is 128 Å². The van der Waals surface area contributed by atoms with Gasteiger partial charge in [-0.2, -0.15) is 15.4 Å². The van der Waals surface area contributed by atoms with Crippen molar-refractivity contribution in [2.45, 2.75) is 19.4 Å². The predicted octanol–water partition coefficient (Wildman–Crippen LogP) is 3.89. The molecule has 2 aromatic heterocycles. The van der Waals surface area contributed by atoms with Gasteiger partial charge in [-0.25, -0.2) is 9.18 Å². The zero-order valence-electron chi connectivity index (χ0n) is 18.0. The molecule has 12 heteroatoms. The van der Waals surface area contributed by atoms with Crippen molar-refractivity contribution in [3.63, 3.8) is 0 Å². The number of aromatic nitrogens is 3. The fourth-order valence-electron chi connectivity index (χ4n) is 4.06. The van der Waals surface area contributed by atoms with E-state index in [-0.39, 0.29) is 40.0 Å². The quantitative estimate of drug-likeness (QED) is 0.371. The number of hydrogen-bond donors (Lipinski definition) is 3. The maximum absolute atomic E-state index is 14.1. The van der Waals surface area contributed by atoms with Crippen molar-refractivity contribution in [2.24, 2.45) is 0 Å². The molecule has 0 fully saturated rings. The zero-order chi connectivity index (χ0) is 24.7. The minimum atomic E-state index is -1.17. The van der Waals surface area contributed by atoms with Crippen LogP contribution >= 0.6 is 22.9 Å². The van der Waals surface area contributed by atoms with Gasteiger partial charge in [0, 0.05) is 22.0 Å². The molecule has 1 aliphatic heterocycles. The van der Waals surface area contributed by atoms with Gasteiger partial charge in [0.2, 0.25) is 5.91 Å². The Labute approximate surface area is 206 Å². The summed E-state index contributed by atoms with van der Waals surface area (Å²) in [6.07, 6.45) is 0.0485. The zero-order valence-corrected chi connectivity index (χ0v) is 19.5. The van der Waals surface area contributed by atoms with Crippen LogP contribution in [0, 0.1) is 5.82 Å². The summed E-state index contributed by atoms with van der Waals surface area (Å²) in [6.45, 7) is 0.528. The van der Waals surface area contributed by atoms with E-state index in [1.54, 1.807) is 23.1 Å². The van der Waals surface area contributed by atoms with Crippen LogP contribution in [0.3, 0.4) is 0 Å². The number of fused-ring (bicyclic) bond motifs is 2. The molecular formula is C23H17ClFN5O4S. The molecule has 2 amide bonds. The Morgan fingerprint density at radius 2 is 1.97 bits per heavy atom. The second-order valence-electron chi connectivity index (χ2n) is 7.98. The Hall–Kier alpha value is -3.83. The lowest BCUT2D eigenvalue weighted by atomic mass is 10.0. The van der Waals surface area contributed by atoms with Gasteiger partial charge < -0.3 is 15.3 Å². The second-order valence-corrected chi connectivity index (χ2v) is 9.52. The molecule has 5 rings (SSSR count). The van der Waals surface area contributed by atoms with Gasteiger partial charge in [0.05, 0.1) is 18.5 Å². The SMILES string of the molecule is O=C(Cc1ccc(Cl)cc1F)Nc1sc2c(c1C(=O)O)CCN(C(=O)c1ccc3n[nH]nc3c1)C2. The third-order valence-corrected chi connectivity index (χ3v) is 7.11. The molecule has 0 radical (unpaired) electrons. The fraction of sp³-hybridized carbons (Fsp3) is 0.174. The van der Waals surface area contributed by atoms with Gasteiger partial charge >= 0.3 is 5.97 Å². The summed E-state index contributed by atoms with van der Waals surface area (Å²) in [5.74, 6) is -2.56. The van der Waals surface area contributed by atoms with Crippen LogP contribution in [0.5, 0.6) is 0 Å². The molecule has 0 unspecified atom stereocenters. The van der Waals surface area contributed by atoms with E-state index in [4.69, 9.17) is 11.6 Å². The minimum Gasteiger partial charge on any atom is -0.478 e. The van der Waals surface area contributed by atoms with Gasteiger partial charge in [-0.05, 0) is 47.9 Å². The van der Waals surface area contributed by atoms with E-state index in [1.807, 2.05) is 0 Å². The number of carbonyl (C=O) groups is 3. The lowest BCUT2D eigenvalue weighted by molar-refractivity contribution is -0.115. The third kappa shape index (κ3) is 4.47. The molecule has 178 valence electrons. The molecule has 0 saturated carbocycles. The molecule has 9 nitrogen and oxygen atoms in total. The van der Waals surface area contributed by atoms with Crippen LogP contribution in [-0.2, 0) is 24.2 Å². The molecule has 3 N–H and O–H groups in total. The van der Waals surface area contributed by atoms with Crippen molar-refractivity contribution in [2.75, 3.05) is 11.9 Å². The van der Waals surface area contributed by atoms with Crippen LogP contribution in [0.15, 0.2) is 36.4 Å². The van der Waals surface area contributed by atoms with Crippen LogP contribution in [0.2, 0.25) is 5.02 Å². The number of nitrogens with one attached hydrogen (secondary N) is 2. The number of anilines is 1. The summed E-state index contributed by atoms with van der Waals surface area (Å²) in [5.41, 5.74) is 2.40. The number of hydrogen-bond acceptors (Lipinski definition) is 6. The molecule has 0 bridgehead atoms. The van der Waals surface area contributed by atoms with Crippen molar-refractivity contribution in [1.29, 1.82) is 0 Å². The van der Waals surface area contributed by atoms with E-state index in [0.29, 0.717) is 40.0 Å². The van der Waals surface area contributed by atoms with Gasteiger partial charge in [-0.3, -0.25) is 9.59 Å². The van der Waals surface area contributed by atoms with Crippen molar-refractivity contribution in [1.82, 2.24) is 20.3 Å². The third-order valence-electron chi connectivity index (χ3n) is 5.74. The number of aromatic carboxylic acids is 1. The number of carboxylic acids is 1. The largest absolute Gasteiger partial charge is 0.478 e. The molecule has 35 heavy (non-hydrogen) atoms. The first kappa shape index (κ1) is 22.9. The van der Waals surface area contributed by atoms with Gasteiger partial charge in [0.15, 0.2) is 0 Å². The van der Waals surface area contributed by atoms with E-state index in [0.717, 1.165) is 17.4 Å². The highest BCUT2D eigenvalue weighted by molar-refractivity contribution is 7.17. The van der Waals surface area contributed by atoms with Gasteiger partial charge in [-0.15, -0.1) is 11.3 Å². The monoisotopic (exact) mass is 513 g/mol. The van der Waals surface area contributed by atoms with E-state index < -0.39 is 17.7 Å². The number of carbonyl (C=O) groups excluding carboxylic acids is 2. The van der Waals surface area contributed by atoms with E-state index in [2.05, 4.69) is 20.7 Å². The van der Waals surface area contributed by atoms with Crippen LogP contribution < -0.4 is 5.32 Å². The Morgan fingerprint density at radius 1 is 1.17 bits per heavy atom. The van der Waals surface area contributed by atoms with E-state index in [9.17, 15) is 23.9 Å². The van der Waals surface area contributed by atoms with Gasteiger partial charge in [0.25, 0.3) is 5.91 Å². The lowest BCUT2D eigenvalue weighted by Crippen LogP contribution is -2.35. The predicted molar refractivity (Wildman–Crippen MR) is 127 cm³/mol. The van der Waals surface area contributed by atoms with Crippen molar-refractivity contribution >= 4 is 56.8 Å². The van der Waals surface area contributed by atoms with Gasteiger partial charge in [-0.1, -0.05) is 17.7 Å². The highest BCUT2D eigenvalue weighted by atomic mass is 35.5. The number of nitrogens with zero attached hydrogens (tertiary/aromatic N) is 3. The Bertz CT molecular complexity index is 1500. The second kappa shape index (κ2) is 9.08. The molecule has 0 saturated heterocycles. The average Bonchev–Trinajstić information content (AvgIpc) is 3.43. The molecule has 0 aliphatic carbocycles. The summed E-state index contributed by atoms with van der Waals surface area (Å²) in [6, 6.07) is 9.02. The lowest BCUT2D eigenvalue weighted by Gasteiger charge is -2.27. The van der Waals surface area contributed by atoms with Crippen LogP contribution in [0.1, 0.15) is 36.7 Å². The van der Waals surface area contributed by atoms with E-state index in [1.165, 1.54) is 12.1 Å². The number of thiophene rings is 1. The fourth-order valence-corrected chi connectivity index (χ4v) is 5.49. The number of halogens is 2. The molecule has 3 heterocycles. The first-order valence-corrected chi connectivity index (χ1v) is 11.7. The standard InChI is InChI=1S/C23H17ClFN5O4S/c24-13-3-1-11(15(25)9-13)8-19(31)26-21-20(23(33)34)14-5-6-30(10-18(14)35-21)22(32)12-2-4-16-17(7-12)28-29-27-16/h1-4,7,9H,5-6,8,10H2,(H,26,31)(H,33,34)(H,27,28,29). The normalized spacial score (nSPS) is 13.0. The first-order chi connectivity index (χ1) is 16.8. The Kier molecular flexibility index (Phi) is 5.95. The maximum atomic E-state index is 14.1. The number of carboxylic acid groups (broad SMARTS) is 1. The van der Waals surface area contributed by atoms with Crippen molar-refractivity contribution < 1.29 is 23.9 Å².